The van der Waals surface area contributed by atoms with Crippen LogP contribution in [0.2, 0.25) is 0 Å². The first kappa shape index (κ1) is 9.42. The van der Waals surface area contributed by atoms with E-state index in [1.807, 2.05) is 13.8 Å². The van der Waals surface area contributed by atoms with Gasteiger partial charge in [-0.25, -0.2) is 0 Å². The first-order valence-electron chi connectivity index (χ1n) is 4.15. The highest BCUT2D eigenvalue weighted by molar-refractivity contribution is 5.94. The summed E-state index contributed by atoms with van der Waals surface area (Å²) in [4.78, 5) is 11.2. The average molecular weight is 170 g/mol. The molecule has 0 amide bonds. The van der Waals surface area contributed by atoms with Crippen molar-refractivity contribution < 1.29 is 14.6 Å². The summed E-state index contributed by atoms with van der Waals surface area (Å²) in [6.07, 6.45) is 2.05. The van der Waals surface area contributed by atoms with Gasteiger partial charge >= 0.3 is 0 Å². The van der Waals surface area contributed by atoms with Gasteiger partial charge in [0.1, 0.15) is 6.10 Å². The zero-order valence-electron chi connectivity index (χ0n) is 7.36. The molecule has 0 aromatic carbocycles. The summed E-state index contributed by atoms with van der Waals surface area (Å²) in [5.74, 6) is 0.353. The molecule has 0 radical (unpaired) electrons. The Labute approximate surface area is 72.0 Å². The summed E-state index contributed by atoms with van der Waals surface area (Å²) < 4.78 is 5.03. The van der Waals surface area contributed by atoms with Crippen LogP contribution in [0.1, 0.15) is 20.3 Å². The molecule has 12 heavy (non-hydrogen) atoms. The Kier molecular flexibility index (Phi) is 3.00. The topological polar surface area (TPSA) is 46.5 Å². The Morgan fingerprint density at radius 1 is 1.67 bits per heavy atom. The van der Waals surface area contributed by atoms with Crippen LogP contribution in [0, 0.1) is 5.92 Å². The highest BCUT2D eigenvalue weighted by atomic mass is 16.6. The maximum absolute atomic E-state index is 11.2. The maximum atomic E-state index is 11.2. The van der Waals surface area contributed by atoms with Crippen LogP contribution in [0.3, 0.4) is 0 Å². The lowest BCUT2D eigenvalue weighted by Gasteiger charge is -2.22. The van der Waals surface area contributed by atoms with Crippen molar-refractivity contribution in [2.75, 3.05) is 0 Å². The Morgan fingerprint density at radius 2 is 2.33 bits per heavy atom. The number of rotatable bonds is 2. The molecular weight excluding hydrogens is 156 g/mol. The van der Waals surface area contributed by atoms with E-state index in [9.17, 15) is 4.79 Å². The lowest BCUT2D eigenvalue weighted by atomic mass is 10.0. The number of hydrogen-bond acceptors (Lipinski definition) is 3. The van der Waals surface area contributed by atoms with Gasteiger partial charge in [0.05, 0.1) is 0 Å². The van der Waals surface area contributed by atoms with Crippen LogP contribution in [0.25, 0.3) is 0 Å². The zero-order valence-corrected chi connectivity index (χ0v) is 7.36. The lowest BCUT2D eigenvalue weighted by Crippen LogP contribution is -2.32. The van der Waals surface area contributed by atoms with Gasteiger partial charge in [0.15, 0.2) is 12.1 Å². The summed E-state index contributed by atoms with van der Waals surface area (Å²) in [7, 11) is 0. The fraction of sp³-hybridized carbons (Fsp3) is 0.667. The van der Waals surface area contributed by atoms with Crippen LogP contribution in [0.5, 0.6) is 0 Å². The molecule has 1 aliphatic heterocycles. The molecule has 0 spiro atoms. The van der Waals surface area contributed by atoms with E-state index in [0.717, 1.165) is 0 Å². The first-order valence-corrected chi connectivity index (χ1v) is 4.15. The van der Waals surface area contributed by atoms with Crippen LogP contribution in [-0.4, -0.2) is 23.3 Å². The molecule has 1 aliphatic rings. The van der Waals surface area contributed by atoms with E-state index in [2.05, 4.69) is 0 Å². The first-order chi connectivity index (χ1) is 5.59. The molecule has 0 saturated carbocycles. The SMILES string of the molecule is CC(C)C[C@@H]1OC(O)C=CC1=O. The van der Waals surface area contributed by atoms with Crippen molar-refractivity contribution in [2.45, 2.75) is 32.7 Å². The van der Waals surface area contributed by atoms with Crippen LogP contribution in [-0.2, 0) is 9.53 Å². The van der Waals surface area contributed by atoms with Crippen molar-refractivity contribution in [3.8, 4) is 0 Å². The molecule has 1 unspecified atom stereocenters. The number of carbonyl (C=O) groups is 1. The number of carbonyl (C=O) groups excluding carboxylic acids is 1. The van der Waals surface area contributed by atoms with Crippen molar-refractivity contribution in [1.29, 1.82) is 0 Å². The average Bonchev–Trinajstić information content (AvgIpc) is 1.96. The summed E-state index contributed by atoms with van der Waals surface area (Å²) in [6, 6.07) is 0. The van der Waals surface area contributed by atoms with Crippen molar-refractivity contribution in [3.63, 3.8) is 0 Å². The van der Waals surface area contributed by atoms with Gasteiger partial charge < -0.3 is 9.84 Å². The molecule has 0 saturated heterocycles. The van der Waals surface area contributed by atoms with Gasteiger partial charge in [0.2, 0.25) is 0 Å². The summed E-state index contributed by atoms with van der Waals surface area (Å²) >= 11 is 0. The molecule has 68 valence electrons. The number of ketones is 1. The van der Waals surface area contributed by atoms with E-state index < -0.39 is 12.4 Å². The van der Waals surface area contributed by atoms with Gasteiger partial charge in [-0.15, -0.1) is 0 Å². The Bertz CT molecular complexity index is 196. The van der Waals surface area contributed by atoms with Crippen molar-refractivity contribution in [3.05, 3.63) is 12.2 Å². The van der Waals surface area contributed by atoms with Crippen molar-refractivity contribution >= 4 is 5.78 Å². The maximum Gasteiger partial charge on any atom is 0.184 e. The molecule has 0 aromatic rings. The summed E-state index contributed by atoms with van der Waals surface area (Å²) in [6.45, 7) is 4.03. The van der Waals surface area contributed by atoms with E-state index in [1.54, 1.807) is 0 Å². The quantitative estimate of drug-likeness (QED) is 0.669. The lowest BCUT2D eigenvalue weighted by molar-refractivity contribution is -0.150. The fourth-order valence-electron chi connectivity index (χ4n) is 1.17. The van der Waals surface area contributed by atoms with E-state index in [1.165, 1.54) is 12.2 Å². The van der Waals surface area contributed by atoms with Gasteiger partial charge in [-0.2, -0.15) is 0 Å². The Balaban J connectivity index is 2.54. The summed E-state index contributed by atoms with van der Waals surface area (Å²) in [5, 5.41) is 9.05. The molecule has 3 nitrogen and oxygen atoms in total. The van der Waals surface area contributed by atoms with E-state index >= 15 is 0 Å². The third kappa shape index (κ3) is 2.43. The monoisotopic (exact) mass is 170 g/mol. The second kappa shape index (κ2) is 3.83. The molecule has 1 heterocycles. The van der Waals surface area contributed by atoms with E-state index in [0.29, 0.717) is 12.3 Å². The Morgan fingerprint density at radius 3 is 2.92 bits per heavy atom. The normalized spacial score (nSPS) is 29.8. The van der Waals surface area contributed by atoms with Gasteiger partial charge in [-0.1, -0.05) is 13.8 Å². The highest BCUT2D eigenvalue weighted by Gasteiger charge is 2.24. The zero-order chi connectivity index (χ0) is 9.14. The fourth-order valence-corrected chi connectivity index (χ4v) is 1.17. The van der Waals surface area contributed by atoms with Gasteiger partial charge in [0.25, 0.3) is 0 Å². The number of aliphatic hydroxyl groups excluding tert-OH is 1. The molecule has 0 fully saturated rings. The second-order valence-electron chi connectivity index (χ2n) is 3.41. The minimum absolute atomic E-state index is 0.0472. The molecule has 1 N–H and O–H groups in total. The molecule has 0 aliphatic carbocycles. The van der Waals surface area contributed by atoms with Gasteiger partial charge in [-0.3, -0.25) is 4.79 Å². The standard InChI is InChI=1S/C9H14O3/c1-6(2)5-8-7(10)3-4-9(11)12-8/h3-4,6,8-9,11H,5H2,1-2H3/t8-,9?/m0/s1. The highest BCUT2D eigenvalue weighted by Crippen LogP contribution is 2.15. The van der Waals surface area contributed by atoms with Crippen LogP contribution in [0.15, 0.2) is 12.2 Å². The minimum Gasteiger partial charge on any atom is -0.365 e. The number of hydrogen-bond donors (Lipinski definition) is 1. The predicted molar refractivity (Wildman–Crippen MR) is 44.5 cm³/mol. The largest absolute Gasteiger partial charge is 0.365 e. The molecule has 0 bridgehead atoms. The van der Waals surface area contributed by atoms with Crippen molar-refractivity contribution in [2.24, 2.45) is 5.92 Å². The van der Waals surface area contributed by atoms with Crippen LogP contribution >= 0.6 is 0 Å². The molecule has 0 aromatic heterocycles. The smallest absolute Gasteiger partial charge is 0.184 e. The van der Waals surface area contributed by atoms with Crippen LogP contribution < -0.4 is 0 Å². The molecule has 1 rings (SSSR count). The van der Waals surface area contributed by atoms with E-state index in [-0.39, 0.29) is 5.78 Å². The van der Waals surface area contributed by atoms with Gasteiger partial charge in [-0.05, 0) is 24.5 Å². The molecule has 2 atom stereocenters. The summed E-state index contributed by atoms with van der Waals surface area (Å²) in [5.41, 5.74) is 0. The second-order valence-corrected chi connectivity index (χ2v) is 3.41. The predicted octanol–water partition coefficient (Wildman–Crippen LogP) is 0.875. The van der Waals surface area contributed by atoms with Crippen molar-refractivity contribution in [1.82, 2.24) is 0 Å². The number of ether oxygens (including phenoxy) is 1. The Hall–Kier alpha value is -0.670. The van der Waals surface area contributed by atoms with Gasteiger partial charge in [0, 0.05) is 0 Å². The van der Waals surface area contributed by atoms with Crippen LogP contribution in [0.4, 0.5) is 0 Å². The third-order valence-electron chi connectivity index (χ3n) is 1.73. The number of aliphatic hydroxyl groups is 1. The minimum atomic E-state index is -0.911. The molecule has 3 heteroatoms. The van der Waals surface area contributed by atoms with E-state index in [4.69, 9.17) is 9.84 Å². The molecular formula is C9H14O3. The third-order valence-corrected chi connectivity index (χ3v) is 1.73.